The van der Waals surface area contributed by atoms with Gasteiger partial charge in [0.15, 0.2) is 0 Å². The van der Waals surface area contributed by atoms with Gasteiger partial charge in [-0.1, -0.05) is 12.1 Å². The second-order valence-electron chi connectivity index (χ2n) is 4.55. The van der Waals surface area contributed by atoms with E-state index in [0.717, 1.165) is 9.87 Å². The standard InChI is InChI=1S/C14H14N2O4S/c1-16(2)21(19,20)12-5-3-10(4-6-12)11-7-8-15-13(9-11)14(17)18/h3-9H,1-2H3,(H,17,18). The highest BCUT2D eigenvalue weighted by molar-refractivity contribution is 7.89. The Morgan fingerprint density at radius 2 is 1.71 bits per heavy atom. The van der Waals surface area contributed by atoms with Gasteiger partial charge >= 0.3 is 5.97 Å². The zero-order valence-corrected chi connectivity index (χ0v) is 12.3. The molecule has 2 aromatic rings. The number of pyridine rings is 1. The van der Waals surface area contributed by atoms with Crippen molar-refractivity contribution < 1.29 is 18.3 Å². The van der Waals surface area contributed by atoms with Crippen LogP contribution in [0, 0.1) is 0 Å². The fraction of sp³-hybridized carbons (Fsp3) is 0.143. The molecule has 0 amide bonds. The molecule has 1 N–H and O–H groups in total. The monoisotopic (exact) mass is 306 g/mol. The van der Waals surface area contributed by atoms with Crippen molar-refractivity contribution in [2.75, 3.05) is 14.1 Å². The Bertz CT molecular complexity index is 768. The predicted octanol–water partition coefficient (Wildman–Crippen LogP) is 1.70. The minimum atomic E-state index is -3.47. The van der Waals surface area contributed by atoms with Crippen molar-refractivity contribution in [3.63, 3.8) is 0 Å². The molecule has 6 nitrogen and oxygen atoms in total. The minimum Gasteiger partial charge on any atom is -0.477 e. The molecule has 0 fully saturated rings. The Morgan fingerprint density at radius 1 is 1.10 bits per heavy atom. The first kappa shape index (κ1) is 15.1. The maximum absolute atomic E-state index is 12.0. The summed E-state index contributed by atoms with van der Waals surface area (Å²) in [5, 5.41) is 8.92. The SMILES string of the molecule is CN(C)S(=O)(=O)c1ccc(-c2ccnc(C(=O)O)c2)cc1. The van der Waals surface area contributed by atoms with Crippen LogP contribution in [0.15, 0.2) is 47.5 Å². The van der Waals surface area contributed by atoms with E-state index in [-0.39, 0.29) is 10.6 Å². The summed E-state index contributed by atoms with van der Waals surface area (Å²) in [6.07, 6.45) is 1.41. The van der Waals surface area contributed by atoms with Crippen molar-refractivity contribution >= 4 is 16.0 Å². The summed E-state index contributed by atoms with van der Waals surface area (Å²) in [6, 6.07) is 9.37. The van der Waals surface area contributed by atoms with E-state index in [2.05, 4.69) is 4.98 Å². The fourth-order valence-electron chi connectivity index (χ4n) is 1.76. The molecule has 0 aliphatic carbocycles. The number of carboxylic acids is 1. The Labute approximate surface area is 122 Å². The zero-order valence-electron chi connectivity index (χ0n) is 11.5. The molecular weight excluding hydrogens is 292 g/mol. The number of hydrogen-bond acceptors (Lipinski definition) is 4. The smallest absolute Gasteiger partial charge is 0.354 e. The van der Waals surface area contributed by atoms with Crippen LogP contribution in [0.4, 0.5) is 0 Å². The van der Waals surface area contributed by atoms with E-state index in [0.29, 0.717) is 5.56 Å². The molecule has 1 aromatic carbocycles. The third kappa shape index (κ3) is 3.09. The summed E-state index contributed by atoms with van der Waals surface area (Å²) < 4.78 is 25.1. The largest absolute Gasteiger partial charge is 0.477 e. The molecule has 0 spiro atoms. The second-order valence-corrected chi connectivity index (χ2v) is 6.70. The number of carbonyl (C=O) groups is 1. The van der Waals surface area contributed by atoms with E-state index < -0.39 is 16.0 Å². The highest BCUT2D eigenvalue weighted by atomic mass is 32.2. The molecule has 1 heterocycles. The molecule has 0 atom stereocenters. The van der Waals surface area contributed by atoms with Crippen LogP contribution in [-0.2, 0) is 10.0 Å². The number of aromatic carboxylic acids is 1. The zero-order chi connectivity index (χ0) is 15.6. The molecule has 0 aliphatic rings. The molecule has 0 saturated heterocycles. The molecule has 0 radical (unpaired) electrons. The Balaban J connectivity index is 2.40. The van der Waals surface area contributed by atoms with Crippen molar-refractivity contribution in [1.82, 2.24) is 9.29 Å². The molecule has 21 heavy (non-hydrogen) atoms. The first-order valence-electron chi connectivity index (χ1n) is 6.04. The van der Waals surface area contributed by atoms with Crippen LogP contribution in [0.3, 0.4) is 0 Å². The average Bonchev–Trinajstić information content (AvgIpc) is 2.47. The van der Waals surface area contributed by atoms with E-state index in [1.54, 1.807) is 18.2 Å². The van der Waals surface area contributed by atoms with E-state index >= 15 is 0 Å². The quantitative estimate of drug-likeness (QED) is 0.929. The number of hydrogen-bond donors (Lipinski definition) is 1. The van der Waals surface area contributed by atoms with E-state index in [1.807, 2.05) is 0 Å². The van der Waals surface area contributed by atoms with Gasteiger partial charge in [-0.2, -0.15) is 0 Å². The van der Waals surface area contributed by atoms with Gasteiger partial charge in [0.05, 0.1) is 4.90 Å². The van der Waals surface area contributed by atoms with E-state index in [4.69, 9.17) is 5.11 Å². The summed E-state index contributed by atoms with van der Waals surface area (Å²) in [4.78, 5) is 14.8. The predicted molar refractivity (Wildman–Crippen MR) is 77.5 cm³/mol. The van der Waals surface area contributed by atoms with Crippen LogP contribution in [-0.4, -0.2) is 42.9 Å². The maximum Gasteiger partial charge on any atom is 0.354 e. The third-order valence-electron chi connectivity index (χ3n) is 2.95. The number of aromatic nitrogens is 1. The van der Waals surface area contributed by atoms with Gasteiger partial charge in [-0.15, -0.1) is 0 Å². The van der Waals surface area contributed by atoms with Gasteiger partial charge in [-0.05, 0) is 35.4 Å². The highest BCUT2D eigenvalue weighted by Gasteiger charge is 2.16. The number of sulfonamides is 1. The van der Waals surface area contributed by atoms with Crippen molar-refractivity contribution in [2.24, 2.45) is 0 Å². The first-order valence-corrected chi connectivity index (χ1v) is 7.48. The van der Waals surface area contributed by atoms with Crippen molar-refractivity contribution in [2.45, 2.75) is 4.90 Å². The summed E-state index contributed by atoms with van der Waals surface area (Å²) in [7, 11) is -0.543. The molecule has 7 heteroatoms. The van der Waals surface area contributed by atoms with E-state index in [9.17, 15) is 13.2 Å². The highest BCUT2D eigenvalue weighted by Crippen LogP contribution is 2.22. The topological polar surface area (TPSA) is 87.6 Å². The van der Waals surface area contributed by atoms with E-state index in [1.165, 1.54) is 38.5 Å². The molecule has 0 aliphatic heterocycles. The van der Waals surface area contributed by atoms with Crippen molar-refractivity contribution in [3.8, 4) is 11.1 Å². The maximum atomic E-state index is 12.0. The molecule has 0 bridgehead atoms. The lowest BCUT2D eigenvalue weighted by atomic mass is 10.1. The Kier molecular flexibility index (Phi) is 4.06. The number of nitrogens with zero attached hydrogens (tertiary/aromatic N) is 2. The van der Waals surface area contributed by atoms with Crippen LogP contribution < -0.4 is 0 Å². The molecule has 0 saturated carbocycles. The summed E-state index contributed by atoms with van der Waals surface area (Å²) in [6.45, 7) is 0. The summed E-state index contributed by atoms with van der Waals surface area (Å²) in [5.41, 5.74) is 1.33. The van der Waals surface area contributed by atoms with Crippen LogP contribution in [0.25, 0.3) is 11.1 Å². The summed E-state index contributed by atoms with van der Waals surface area (Å²) in [5.74, 6) is -1.11. The average molecular weight is 306 g/mol. The van der Waals surface area contributed by atoms with Crippen LogP contribution in [0.1, 0.15) is 10.5 Å². The number of rotatable bonds is 4. The molecule has 2 rings (SSSR count). The lowest BCUT2D eigenvalue weighted by Gasteiger charge is -2.11. The van der Waals surface area contributed by atoms with Crippen LogP contribution in [0.5, 0.6) is 0 Å². The fourth-order valence-corrected chi connectivity index (χ4v) is 2.66. The lowest BCUT2D eigenvalue weighted by molar-refractivity contribution is 0.0690. The van der Waals surface area contributed by atoms with Gasteiger partial charge in [-0.25, -0.2) is 22.5 Å². The van der Waals surface area contributed by atoms with Crippen molar-refractivity contribution in [3.05, 3.63) is 48.3 Å². The Hall–Kier alpha value is -2.25. The van der Waals surface area contributed by atoms with Gasteiger partial charge < -0.3 is 5.11 Å². The second kappa shape index (κ2) is 5.63. The van der Waals surface area contributed by atoms with Gasteiger partial charge in [-0.3, -0.25) is 0 Å². The lowest BCUT2D eigenvalue weighted by Crippen LogP contribution is -2.22. The van der Waals surface area contributed by atoms with Crippen molar-refractivity contribution in [1.29, 1.82) is 0 Å². The third-order valence-corrected chi connectivity index (χ3v) is 4.77. The molecular formula is C14H14N2O4S. The van der Waals surface area contributed by atoms with Crippen LogP contribution >= 0.6 is 0 Å². The Morgan fingerprint density at radius 3 is 2.24 bits per heavy atom. The van der Waals surface area contributed by atoms with Gasteiger partial charge in [0.25, 0.3) is 0 Å². The molecule has 110 valence electrons. The minimum absolute atomic E-state index is 0.0579. The molecule has 1 aromatic heterocycles. The normalized spacial score (nSPS) is 11.6. The van der Waals surface area contributed by atoms with Crippen LogP contribution in [0.2, 0.25) is 0 Å². The first-order chi connectivity index (χ1) is 9.82. The number of benzene rings is 1. The molecule has 0 unspecified atom stereocenters. The van der Waals surface area contributed by atoms with Gasteiger partial charge in [0.1, 0.15) is 5.69 Å². The van der Waals surface area contributed by atoms with Gasteiger partial charge in [0, 0.05) is 20.3 Å². The number of carboxylic acid groups (broad SMARTS) is 1. The van der Waals surface area contributed by atoms with Gasteiger partial charge in [0.2, 0.25) is 10.0 Å². The summed E-state index contributed by atoms with van der Waals surface area (Å²) >= 11 is 0.